The van der Waals surface area contributed by atoms with E-state index in [1.807, 2.05) is 6.92 Å². The van der Waals surface area contributed by atoms with Crippen molar-refractivity contribution in [2.75, 3.05) is 6.61 Å². The smallest absolute Gasteiger partial charge is 0.407 e. The number of aliphatic hydroxyl groups is 1. The van der Waals surface area contributed by atoms with E-state index in [0.717, 1.165) is 6.42 Å². The van der Waals surface area contributed by atoms with Gasteiger partial charge in [-0.15, -0.1) is 0 Å². The summed E-state index contributed by atoms with van der Waals surface area (Å²) < 4.78 is 4.82. The maximum atomic E-state index is 11.5. The minimum Gasteiger partial charge on any atom is -0.480 e. The second kappa shape index (κ2) is 8.16. The van der Waals surface area contributed by atoms with Gasteiger partial charge in [0.25, 0.3) is 0 Å². The van der Waals surface area contributed by atoms with Crippen LogP contribution in [0.5, 0.6) is 0 Å². The Hall–Kier alpha value is -2.08. The van der Waals surface area contributed by atoms with Gasteiger partial charge in [-0.1, -0.05) is 43.7 Å². The van der Waals surface area contributed by atoms with Crippen LogP contribution in [0.2, 0.25) is 0 Å². The highest BCUT2D eigenvalue weighted by Gasteiger charge is 2.29. The average molecular weight is 281 g/mol. The Morgan fingerprint density at radius 2 is 1.95 bits per heavy atom. The molecule has 0 heterocycles. The minimum absolute atomic E-state index is 0.218. The lowest BCUT2D eigenvalue weighted by Gasteiger charge is -2.20. The van der Waals surface area contributed by atoms with Crippen LogP contribution in [0.15, 0.2) is 30.3 Å². The summed E-state index contributed by atoms with van der Waals surface area (Å²) in [5.74, 6) is -1.33. The fourth-order valence-electron chi connectivity index (χ4n) is 1.60. The molecule has 0 aliphatic rings. The van der Waals surface area contributed by atoms with Crippen molar-refractivity contribution in [2.24, 2.45) is 0 Å². The molecule has 3 N–H and O–H groups in total. The Morgan fingerprint density at radius 1 is 1.30 bits per heavy atom. The quantitative estimate of drug-likeness (QED) is 0.661. The lowest BCUT2D eigenvalue weighted by atomic mass is 10.0. The summed E-state index contributed by atoms with van der Waals surface area (Å²) in [7, 11) is 0. The third kappa shape index (κ3) is 4.89. The molecule has 2 atom stereocenters. The molecule has 0 radical (unpaired) electrons. The Bertz CT molecular complexity index is 434. The zero-order valence-electron chi connectivity index (χ0n) is 11.3. The van der Waals surface area contributed by atoms with Gasteiger partial charge in [-0.3, -0.25) is 0 Å². The molecule has 0 aromatic heterocycles. The summed E-state index contributed by atoms with van der Waals surface area (Å²) in [4.78, 5) is 22.6. The predicted molar refractivity (Wildman–Crippen MR) is 72.2 cm³/mol. The fourth-order valence-corrected chi connectivity index (χ4v) is 1.60. The molecule has 1 amide bonds. The van der Waals surface area contributed by atoms with Crippen molar-refractivity contribution in [2.45, 2.75) is 31.9 Å². The standard InChI is InChI=1S/C14H19NO5/c1-2-3-9-20-14(19)15-11(13(17)18)12(16)10-7-5-4-6-8-10/h4-8,11-12,16H,2-3,9H2,1H3,(H,15,19)(H,17,18)/t11-,12?/m0/s1. The van der Waals surface area contributed by atoms with Gasteiger partial charge in [0.05, 0.1) is 6.61 Å². The number of carboxylic acid groups (broad SMARTS) is 1. The molecule has 110 valence electrons. The normalized spacial score (nSPS) is 13.3. The zero-order valence-corrected chi connectivity index (χ0v) is 11.3. The van der Waals surface area contributed by atoms with Gasteiger partial charge in [0.15, 0.2) is 6.04 Å². The highest BCUT2D eigenvalue weighted by Crippen LogP contribution is 2.16. The number of hydrogen-bond acceptors (Lipinski definition) is 4. The van der Waals surface area contributed by atoms with Crippen LogP contribution in [0, 0.1) is 0 Å². The molecule has 1 aromatic rings. The number of aliphatic hydroxyl groups excluding tert-OH is 1. The van der Waals surface area contributed by atoms with E-state index in [1.165, 1.54) is 0 Å². The van der Waals surface area contributed by atoms with Crippen molar-refractivity contribution < 1.29 is 24.5 Å². The van der Waals surface area contributed by atoms with Gasteiger partial charge in [0.1, 0.15) is 6.10 Å². The van der Waals surface area contributed by atoms with Crippen molar-refractivity contribution >= 4 is 12.1 Å². The number of aliphatic carboxylic acids is 1. The first-order chi connectivity index (χ1) is 9.56. The first-order valence-electron chi connectivity index (χ1n) is 6.45. The van der Waals surface area contributed by atoms with E-state index in [0.29, 0.717) is 12.0 Å². The Morgan fingerprint density at radius 3 is 2.50 bits per heavy atom. The summed E-state index contributed by atoms with van der Waals surface area (Å²) in [6.45, 7) is 2.16. The van der Waals surface area contributed by atoms with Gasteiger partial charge in [0, 0.05) is 0 Å². The molecule has 6 nitrogen and oxygen atoms in total. The molecule has 1 aromatic carbocycles. The number of alkyl carbamates (subject to hydrolysis) is 1. The van der Waals surface area contributed by atoms with Gasteiger partial charge in [-0.2, -0.15) is 0 Å². The first kappa shape index (κ1) is 16.0. The molecule has 6 heteroatoms. The molecule has 0 saturated heterocycles. The molecular weight excluding hydrogens is 262 g/mol. The van der Waals surface area contributed by atoms with Crippen LogP contribution in [-0.4, -0.2) is 34.9 Å². The lowest BCUT2D eigenvalue weighted by molar-refractivity contribution is -0.142. The van der Waals surface area contributed by atoms with Crippen LogP contribution in [0.25, 0.3) is 0 Å². The van der Waals surface area contributed by atoms with Crippen LogP contribution in [0.3, 0.4) is 0 Å². The molecule has 0 saturated carbocycles. The number of nitrogens with one attached hydrogen (secondary N) is 1. The Kier molecular flexibility index (Phi) is 6.52. The molecule has 0 spiro atoms. The van der Waals surface area contributed by atoms with E-state index in [9.17, 15) is 14.7 Å². The SMILES string of the molecule is CCCCOC(=O)N[C@H](C(=O)O)C(O)c1ccccc1. The third-order valence-electron chi connectivity index (χ3n) is 2.73. The number of ether oxygens (including phenoxy) is 1. The summed E-state index contributed by atoms with van der Waals surface area (Å²) in [6.07, 6.45) is -0.623. The van der Waals surface area contributed by atoms with Crippen molar-refractivity contribution in [3.8, 4) is 0 Å². The Balaban J connectivity index is 2.65. The monoisotopic (exact) mass is 281 g/mol. The number of unbranched alkanes of at least 4 members (excludes halogenated alkanes) is 1. The van der Waals surface area contributed by atoms with Crippen LogP contribution in [-0.2, 0) is 9.53 Å². The second-order valence-corrected chi connectivity index (χ2v) is 4.31. The van der Waals surface area contributed by atoms with E-state index in [-0.39, 0.29) is 6.61 Å². The van der Waals surface area contributed by atoms with E-state index < -0.39 is 24.2 Å². The number of carbonyl (C=O) groups is 2. The van der Waals surface area contributed by atoms with Crippen molar-refractivity contribution in [1.82, 2.24) is 5.32 Å². The zero-order chi connectivity index (χ0) is 15.0. The highest BCUT2D eigenvalue weighted by atomic mass is 16.5. The van der Waals surface area contributed by atoms with Crippen LogP contribution in [0.4, 0.5) is 4.79 Å². The van der Waals surface area contributed by atoms with Gasteiger partial charge in [0.2, 0.25) is 0 Å². The van der Waals surface area contributed by atoms with Crippen molar-refractivity contribution in [3.05, 3.63) is 35.9 Å². The number of rotatable bonds is 7. The van der Waals surface area contributed by atoms with Gasteiger partial charge in [-0.25, -0.2) is 9.59 Å². The molecule has 0 bridgehead atoms. The van der Waals surface area contributed by atoms with E-state index in [2.05, 4.69) is 5.32 Å². The molecular formula is C14H19NO5. The number of hydrogen-bond donors (Lipinski definition) is 3. The first-order valence-corrected chi connectivity index (χ1v) is 6.45. The summed E-state index contributed by atoms with van der Waals surface area (Å²) >= 11 is 0. The molecule has 0 aliphatic heterocycles. The van der Waals surface area contributed by atoms with E-state index in [1.54, 1.807) is 30.3 Å². The van der Waals surface area contributed by atoms with Gasteiger partial charge >= 0.3 is 12.1 Å². The van der Waals surface area contributed by atoms with Crippen molar-refractivity contribution in [1.29, 1.82) is 0 Å². The maximum absolute atomic E-state index is 11.5. The largest absolute Gasteiger partial charge is 0.480 e. The summed E-state index contributed by atoms with van der Waals surface area (Å²) in [5, 5.41) is 21.3. The fraction of sp³-hybridized carbons (Fsp3) is 0.429. The van der Waals surface area contributed by atoms with Gasteiger partial charge in [-0.05, 0) is 12.0 Å². The van der Waals surface area contributed by atoms with Gasteiger partial charge < -0.3 is 20.3 Å². The summed E-state index contributed by atoms with van der Waals surface area (Å²) in [6, 6.07) is 6.83. The van der Waals surface area contributed by atoms with E-state index in [4.69, 9.17) is 9.84 Å². The average Bonchev–Trinajstić information content (AvgIpc) is 2.45. The number of amides is 1. The topological polar surface area (TPSA) is 95.9 Å². The van der Waals surface area contributed by atoms with E-state index >= 15 is 0 Å². The van der Waals surface area contributed by atoms with Crippen LogP contribution < -0.4 is 5.32 Å². The predicted octanol–water partition coefficient (Wildman–Crippen LogP) is 1.70. The highest BCUT2D eigenvalue weighted by molar-refractivity contribution is 5.80. The van der Waals surface area contributed by atoms with Crippen LogP contribution >= 0.6 is 0 Å². The number of carboxylic acids is 1. The maximum Gasteiger partial charge on any atom is 0.407 e. The van der Waals surface area contributed by atoms with Crippen molar-refractivity contribution in [3.63, 3.8) is 0 Å². The summed E-state index contributed by atoms with van der Waals surface area (Å²) in [5.41, 5.74) is 0.411. The lowest BCUT2D eigenvalue weighted by Crippen LogP contribution is -2.45. The third-order valence-corrected chi connectivity index (χ3v) is 2.73. The van der Waals surface area contributed by atoms with Crippen LogP contribution in [0.1, 0.15) is 31.4 Å². The minimum atomic E-state index is -1.45. The second-order valence-electron chi connectivity index (χ2n) is 4.31. The number of benzene rings is 1. The molecule has 1 unspecified atom stereocenters. The number of carbonyl (C=O) groups excluding carboxylic acids is 1. The molecule has 0 aliphatic carbocycles. The molecule has 1 rings (SSSR count). The molecule has 20 heavy (non-hydrogen) atoms. The molecule has 0 fully saturated rings. The Labute approximate surface area is 117 Å².